The summed E-state index contributed by atoms with van der Waals surface area (Å²) in [5, 5.41) is 0. The average Bonchev–Trinajstić information content (AvgIpc) is 2.86. The van der Waals surface area contributed by atoms with Crippen LogP contribution in [0.5, 0.6) is 0 Å². The number of hydrogen-bond acceptors (Lipinski definition) is 2. The molecule has 5 heteroatoms. The maximum Gasteiger partial charge on any atom is 0.220 e. The summed E-state index contributed by atoms with van der Waals surface area (Å²) in [7, 11) is 0. The molecule has 0 aliphatic carbocycles. The highest BCUT2D eigenvalue weighted by molar-refractivity contribution is 9.10. The molecule has 4 nitrogen and oxygen atoms in total. The van der Waals surface area contributed by atoms with Crippen LogP contribution in [-0.2, 0) is 11.2 Å². The first-order valence-electron chi connectivity index (χ1n) is 6.21. The van der Waals surface area contributed by atoms with E-state index >= 15 is 0 Å². The number of nitrogens with one attached hydrogen (secondary N) is 1. The lowest BCUT2D eigenvalue weighted by molar-refractivity contribution is -0.130. The van der Waals surface area contributed by atoms with Crippen LogP contribution in [0.3, 0.4) is 0 Å². The van der Waals surface area contributed by atoms with E-state index in [1.165, 1.54) is 0 Å². The Morgan fingerprint density at radius 1 is 1.42 bits per heavy atom. The third kappa shape index (κ3) is 2.18. The summed E-state index contributed by atoms with van der Waals surface area (Å²) >= 11 is 3.44. The molecule has 0 saturated carbocycles. The van der Waals surface area contributed by atoms with Crippen molar-refractivity contribution in [1.29, 1.82) is 0 Å². The van der Waals surface area contributed by atoms with Crippen molar-refractivity contribution in [1.82, 2.24) is 14.9 Å². The van der Waals surface area contributed by atoms with Crippen molar-refractivity contribution >= 4 is 21.8 Å². The van der Waals surface area contributed by atoms with Gasteiger partial charge in [0.2, 0.25) is 5.91 Å². The summed E-state index contributed by atoms with van der Waals surface area (Å²) < 4.78 is 1.03. The van der Waals surface area contributed by atoms with Gasteiger partial charge in [-0.15, -0.1) is 0 Å². The van der Waals surface area contributed by atoms with Crippen LogP contribution in [0.25, 0.3) is 0 Å². The van der Waals surface area contributed by atoms with E-state index in [9.17, 15) is 4.79 Å². The number of nitrogens with zero attached hydrogens (tertiary/aromatic N) is 2. The number of fused-ring (bicyclic) bond motifs is 1. The molecule has 2 heterocycles. The third-order valence-corrected chi connectivity index (χ3v) is 4.04. The predicted molar refractivity (Wildman–Crippen MR) is 75.7 cm³/mol. The Kier molecular flexibility index (Phi) is 3.14. The second kappa shape index (κ2) is 4.81. The average molecular weight is 320 g/mol. The van der Waals surface area contributed by atoms with Crippen molar-refractivity contribution in [3.8, 4) is 0 Å². The van der Waals surface area contributed by atoms with E-state index in [0.717, 1.165) is 34.4 Å². The molecule has 0 spiro atoms. The molecule has 1 aliphatic heterocycles. The Morgan fingerprint density at radius 3 is 2.84 bits per heavy atom. The minimum atomic E-state index is -0.0828. The molecule has 98 valence electrons. The van der Waals surface area contributed by atoms with E-state index < -0.39 is 0 Å². The third-order valence-electron chi connectivity index (χ3n) is 3.52. The molecule has 2 aromatic rings. The maximum absolute atomic E-state index is 11.9. The van der Waals surface area contributed by atoms with Crippen LogP contribution in [0.2, 0.25) is 0 Å². The first-order chi connectivity index (χ1) is 9.16. The van der Waals surface area contributed by atoms with Crippen LogP contribution in [0.15, 0.2) is 35.1 Å². The van der Waals surface area contributed by atoms with Gasteiger partial charge in [-0.05, 0) is 17.7 Å². The van der Waals surface area contributed by atoms with E-state index in [1.54, 1.807) is 13.3 Å². The highest BCUT2D eigenvalue weighted by atomic mass is 79.9. The van der Waals surface area contributed by atoms with E-state index in [-0.39, 0.29) is 11.9 Å². The molecular formula is C14H14BrN3O. The minimum Gasteiger partial charge on any atom is -0.348 e. The second-order valence-corrected chi connectivity index (χ2v) is 5.60. The van der Waals surface area contributed by atoms with Gasteiger partial charge in [0.05, 0.1) is 12.0 Å². The predicted octanol–water partition coefficient (Wildman–Crippen LogP) is 2.67. The molecule has 1 amide bonds. The number of H-pyrrole nitrogens is 1. The number of carbonyl (C=O) groups excluding carboxylic acids is 1. The van der Waals surface area contributed by atoms with Crippen molar-refractivity contribution in [2.75, 3.05) is 6.54 Å². The number of amides is 1. The molecule has 1 unspecified atom stereocenters. The molecule has 19 heavy (non-hydrogen) atoms. The summed E-state index contributed by atoms with van der Waals surface area (Å²) in [5.41, 5.74) is 3.18. The Balaban J connectivity index is 2.08. The molecule has 0 radical (unpaired) electrons. The maximum atomic E-state index is 11.9. The summed E-state index contributed by atoms with van der Waals surface area (Å²) in [6, 6.07) is 7.98. The highest BCUT2D eigenvalue weighted by Crippen LogP contribution is 2.33. The lowest BCUT2D eigenvalue weighted by Gasteiger charge is -2.34. The highest BCUT2D eigenvalue weighted by Gasteiger charge is 2.32. The standard InChI is InChI=1S/C14H14BrN3O/c1-9(19)18-7-6-12-13(17-8-16-12)14(18)10-2-4-11(15)5-3-10/h2-5,8,14H,6-7H2,1H3,(H,16,17). The summed E-state index contributed by atoms with van der Waals surface area (Å²) in [4.78, 5) is 21.3. The Morgan fingerprint density at radius 2 is 2.16 bits per heavy atom. The fourth-order valence-electron chi connectivity index (χ4n) is 2.60. The molecule has 0 saturated heterocycles. The molecule has 1 aromatic carbocycles. The number of imidazole rings is 1. The molecule has 3 rings (SSSR count). The fourth-order valence-corrected chi connectivity index (χ4v) is 2.86. The van der Waals surface area contributed by atoms with Crippen LogP contribution >= 0.6 is 15.9 Å². The fraction of sp³-hybridized carbons (Fsp3) is 0.286. The molecule has 1 N–H and O–H groups in total. The van der Waals surface area contributed by atoms with Gasteiger partial charge in [0.25, 0.3) is 0 Å². The van der Waals surface area contributed by atoms with Gasteiger partial charge in [-0.3, -0.25) is 4.79 Å². The van der Waals surface area contributed by atoms with E-state index in [4.69, 9.17) is 0 Å². The van der Waals surface area contributed by atoms with Crippen LogP contribution in [0, 0.1) is 0 Å². The summed E-state index contributed by atoms with van der Waals surface area (Å²) in [5.74, 6) is 0.0848. The minimum absolute atomic E-state index is 0.0828. The Bertz CT molecular complexity index is 605. The molecule has 1 atom stereocenters. The zero-order valence-electron chi connectivity index (χ0n) is 10.6. The number of benzene rings is 1. The Labute approximate surface area is 120 Å². The number of aromatic amines is 1. The van der Waals surface area contributed by atoms with Crippen molar-refractivity contribution < 1.29 is 4.79 Å². The first-order valence-corrected chi connectivity index (χ1v) is 7.01. The van der Waals surface area contributed by atoms with Crippen LogP contribution in [0.4, 0.5) is 0 Å². The van der Waals surface area contributed by atoms with Crippen LogP contribution in [-0.4, -0.2) is 27.3 Å². The number of halogens is 1. The summed E-state index contributed by atoms with van der Waals surface area (Å²) in [6.45, 7) is 2.34. The van der Waals surface area contributed by atoms with Crippen molar-refractivity contribution in [3.05, 3.63) is 52.0 Å². The summed E-state index contributed by atoms with van der Waals surface area (Å²) in [6.07, 6.45) is 2.54. The Hall–Kier alpha value is -1.62. The zero-order valence-corrected chi connectivity index (χ0v) is 12.1. The zero-order chi connectivity index (χ0) is 13.4. The second-order valence-electron chi connectivity index (χ2n) is 4.68. The molecule has 1 aliphatic rings. The SMILES string of the molecule is CC(=O)N1CCc2[nH]cnc2C1c1ccc(Br)cc1. The van der Waals surface area contributed by atoms with E-state index in [1.807, 2.05) is 29.2 Å². The largest absolute Gasteiger partial charge is 0.348 e. The van der Waals surface area contributed by atoms with Crippen molar-refractivity contribution in [3.63, 3.8) is 0 Å². The van der Waals surface area contributed by atoms with Crippen molar-refractivity contribution in [2.45, 2.75) is 19.4 Å². The topological polar surface area (TPSA) is 49.0 Å². The van der Waals surface area contributed by atoms with Crippen LogP contribution < -0.4 is 0 Å². The molecule has 0 fully saturated rings. The van der Waals surface area contributed by atoms with Gasteiger partial charge < -0.3 is 9.88 Å². The van der Waals surface area contributed by atoms with Crippen LogP contribution in [0.1, 0.15) is 29.9 Å². The number of carbonyl (C=O) groups is 1. The lowest BCUT2D eigenvalue weighted by atomic mass is 9.96. The van der Waals surface area contributed by atoms with Gasteiger partial charge in [0.1, 0.15) is 6.04 Å². The normalized spacial score (nSPS) is 18.2. The number of rotatable bonds is 1. The van der Waals surface area contributed by atoms with Gasteiger partial charge in [-0.25, -0.2) is 4.98 Å². The van der Waals surface area contributed by atoms with Gasteiger partial charge in [0, 0.05) is 30.1 Å². The van der Waals surface area contributed by atoms with E-state index in [0.29, 0.717) is 0 Å². The van der Waals surface area contributed by atoms with Gasteiger partial charge in [0.15, 0.2) is 0 Å². The molecular weight excluding hydrogens is 306 g/mol. The van der Waals surface area contributed by atoms with Gasteiger partial charge in [-0.2, -0.15) is 0 Å². The van der Waals surface area contributed by atoms with E-state index in [2.05, 4.69) is 25.9 Å². The van der Waals surface area contributed by atoms with Gasteiger partial charge >= 0.3 is 0 Å². The number of aromatic nitrogens is 2. The monoisotopic (exact) mass is 319 g/mol. The quantitative estimate of drug-likeness (QED) is 0.878. The van der Waals surface area contributed by atoms with Crippen molar-refractivity contribution in [2.24, 2.45) is 0 Å². The molecule has 1 aromatic heterocycles. The number of hydrogen-bond donors (Lipinski definition) is 1. The molecule has 0 bridgehead atoms. The lowest BCUT2D eigenvalue weighted by Crippen LogP contribution is -2.39. The van der Waals surface area contributed by atoms with Gasteiger partial charge in [-0.1, -0.05) is 28.1 Å². The smallest absolute Gasteiger partial charge is 0.220 e. The first kappa shape index (κ1) is 12.4.